The van der Waals surface area contributed by atoms with Gasteiger partial charge in [0.25, 0.3) is 0 Å². The summed E-state index contributed by atoms with van der Waals surface area (Å²) in [5.41, 5.74) is 3.29. The number of aryl methyl sites for hydroxylation is 2. The first-order chi connectivity index (χ1) is 6.00. The molecule has 0 aliphatic carbocycles. The SMILES string of the molecule is Cc1cc(C)c(CN(C)C)c(O)c1. The van der Waals surface area contributed by atoms with E-state index in [1.54, 1.807) is 0 Å². The van der Waals surface area contributed by atoms with Crippen LogP contribution in [-0.4, -0.2) is 24.1 Å². The van der Waals surface area contributed by atoms with E-state index in [1.165, 1.54) is 0 Å². The summed E-state index contributed by atoms with van der Waals surface area (Å²) in [6.45, 7) is 4.82. The van der Waals surface area contributed by atoms with Crippen molar-refractivity contribution in [2.45, 2.75) is 20.4 Å². The van der Waals surface area contributed by atoms with Crippen LogP contribution < -0.4 is 0 Å². The summed E-state index contributed by atoms with van der Waals surface area (Å²) < 4.78 is 0. The summed E-state index contributed by atoms with van der Waals surface area (Å²) in [5.74, 6) is 0.409. The van der Waals surface area contributed by atoms with Crippen molar-refractivity contribution in [3.8, 4) is 5.75 Å². The third-order valence-electron chi connectivity index (χ3n) is 2.07. The van der Waals surface area contributed by atoms with E-state index in [1.807, 2.05) is 34.0 Å². The minimum absolute atomic E-state index is 0.409. The van der Waals surface area contributed by atoms with E-state index in [4.69, 9.17) is 0 Å². The van der Waals surface area contributed by atoms with Gasteiger partial charge in [0.1, 0.15) is 5.75 Å². The predicted octanol–water partition coefficient (Wildman–Crippen LogP) is 2.07. The summed E-state index contributed by atoms with van der Waals surface area (Å²) in [6.07, 6.45) is 0. The fourth-order valence-corrected chi connectivity index (χ4v) is 1.50. The number of rotatable bonds is 2. The lowest BCUT2D eigenvalue weighted by atomic mass is 10.0. The molecule has 0 atom stereocenters. The fourth-order valence-electron chi connectivity index (χ4n) is 1.50. The highest BCUT2D eigenvalue weighted by atomic mass is 16.3. The number of hydrogen-bond donors (Lipinski definition) is 1. The number of benzene rings is 1. The lowest BCUT2D eigenvalue weighted by molar-refractivity contribution is 0.384. The molecule has 1 N–H and O–H groups in total. The Balaban J connectivity index is 3.06. The maximum absolute atomic E-state index is 9.69. The van der Waals surface area contributed by atoms with Gasteiger partial charge in [-0.15, -0.1) is 0 Å². The van der Waals surface area contributed by atoms with Crippen LogP contribution in [0.1, 0.15) is 16.7 Å². The summed E-state index contributed by atoms with van der Waals surface area (Å²) in [4.78, 5) is 2.05. The molecule has 0 aliphatic heterocycles. The van der Waals surface area contributed by atoms with Crippen molar-refractivity contribution < 1.29 is 5.11 Å². The molecule has 0 aromatic heterocycles. The quantitative estimate of drug-likeness (QED) is 0.751. The summed E-state index contributed by atoms with van der Waals surface area (Å²) in [7, 11) is 4.00. The smallest absolute Gasteiger partial charge is 0.120 e. The van der Waals surface area contributed by atoms with Gasteiger partial charge in [-0.2, -0.15) is 0 Å². The van der Waals surface area contributed by atoms with Crippen LogP contribution in [0.3, 0.4) is 0 Å². The molecular weight excluding hydrogens is 162 g/mol. The molecule has 0 radical (unpaired) electrons. The van der Waals surface area contributed by atoms with Gasteiger partial charge in [0, 0.05) is 12.1 Å². The average molecular weight is 179 g/mol. The first kappa shape index (κ1) is 10.1. The van der Waals surface area contributed by atoms with Crippen molar-refractivity contribution >= 4 is 0 Å². The number of hydrogen-bond acceptors (Lipinski definition) is 2. The Morgan fingerprint density at radius 1 is 1.23 bits per heavy atom. The molecule has 0 heterocycles. The third kappa shape index (κ3) is 2.46. The van der Waals surface area contributed by atoms with Crippen molar-refractivity contribution in [2.75, 3.05) is 14.1 Å². The standard InChI is InChI=1S/C11H17NO/c1-8-5-9(2)10(7-12(3)4)11(13)6-8/h5-6,13H,7H2,1-4H3. The van der Waals surface area contributed by atoms with Gasteiger partial charge in [-0.3, -0.25) is 0 Å². The van der Waals surface area contributed by atoms with E-state index < -0.39 is 0 Å². The summed E-state index contributed by atoms with van der Waals surface area (Å²) in [6, 6.07) is 3.91. The number of phenolic OH excluding ortho intramolecular Hbond substituents is 1. The van der Waals surface area contributed by atoms with E-state index in [0.29, 0.717) is 5.75 Å². The van der Waals surface area contributed by atoms with E-state index in [9.17, 15) is 5.11 Å². The Morgan fingerprint density at radius 2 is 1.85 bits per heavy atom. The number of phenols is 1. The second-order valence-corrected chi connectivity index (χ2v) is 3.82. The van der Waals surface area contributed by atoms with E-state index >= 15 is 0 Å². The van der Waals surface area contributed by atoms with Crippen molar-refractivity contribution in [3.63, 3.8) is 0 Å². The molecule has 13 heavy (non-hydrogen) atoms. The zero-order valence-corrected chi connectivity index (χ0v) is 8.76. The van der Waals surface area contributed by atoms with Gasteiger partial charge in [0.2, 0.25) is 0 Å². The van der Waals surface area contributed by atoms with Crippen LogP contribution in [0, 0.1) is 13.8 Å². The zero-order chi connectivity index (χ0) is 10.0. The first-order valence-corrected chi connectivity index (χ1v) is 4.44. The maximum atomic E-state index is 9.69. The van der Waals surface area contributed by atoms with Crippen LogP contribution in [0.4, 0.5) is 0 Å². The average Bonchev–Trinajstić information content (AvgIpc) is 1.96. The largest absolute Gasteiger partial charge is 0.508 e. The van der Waals surface area contributed by atoms with Gasteiger partial charge in [0.05, 0.1) is 0 Å². The van der Waals surface area contributed by atoms with Gasteiger partial charge in [-0.05, 0) is 45.1 Å². The first-order valence-electron chi connectivity index (χ1n) is 4.44. The second kappa shape index (κ2) is 3.79. The molecular formula is C11H17NO. The molecule has 0 bridgehead atoms. The minimum atomic E-state index is 0.409. The van der Waals surface area contributed by atoms with Crippen LogP contribution >= 0.6 is 0 Å². The molecule has 1 aromatic carbocycles. The molecule has 0 saturated heterocycles. The predicted molar refractivity (Wildman–Crippen MR) is 55.0 cm³/mol. The maximum Gasteiger partial charge on any atom is 0.120 e. The highest BCUT2D eigenvalue weighted by Gasteiger charge is 2.06. The monoisotopic (exact) mass is 179 g/mol. The van der Waals surface area contributed by atoms with Crippen LogP contribution in [0.5, 0.6) is 5.75 Å². The molecule has 0 saturated carbocycles. The van der Waals surface area contributed by atoms with Crippen LogP contribution in [0.15, 0.2) is 12.1 Å². The van der Waals surface area contributed by atoms with E-state index in [-0.39, 0.29) is 0 Å². The van der Waals surface area contributed by atoms with Gasteiger partial charge in [0.15, 0.2) is 0 Å². The molecule has 0 fully saturated rings. The van der Waals surface area contributed by atoms with Crippen molar-refractivity contribution in [1.82, 2.24) is 4.90 Å². The van der Waals surface area contributed by atoms with Gasteiger partial charge >= 0.3 is 0 Å². The molecule has 1 rings (SSSR count). The molecule has 1 aromatic rings. The van der Waals surface area contributed by atoms with Gasteiger partial charge < -0.3 is 10.0 Å². The molecule has 0 spiro atoms. The highest BCUT2D eigenvalue weighted by Crippen LogP contribution is 2.23. The molecule has 0 unspecified atom stereocenters. The molecule has 72 valence electrons. The highest BCUT2D eigenvalue weighted by molar-refractivity contribution is 5.41. The lowest BCUT2D eigenvalue weighted by Crippen LogP contribution is -2.11. The third-order valence-corrected chi connectivity index (χ3v) is 2.07. The van der Waals surface area contributed by atoms with E-state index in [0.717, 1.165) is 23.2 Å². The Kier molecular flexibility index (Phi) is 2.94. The zero-order valence-electron chi connectivity index (χ0n) is 8.76. The lowest BCUT2D eigenvalue weighted by Gasteiger charge is -2.14. The minimum Gasteiger partial charge on any atom is -0.508 e. The van der Waals surface area contributed by atoms with Crippen LogP contribution in [0.2, 0.25) is 0 Å². The molecule has 0 amide bonds. The Bertz CT molecular complexity index is 282. The van der Waals surface area contributed by atoms with Crippen molar-refractivity contribution in [2.24, 2.45) is 0 Å². The number of aromatic hydroxyl groups is 1. The Labute approximate surface area is 79.8 Å². The normalized spacial score (nSPS) is 10.8. The fraction of sp³-hybridized carbons (Fsp3) is 0.455. The summed E-state index contributed by atoms with van der Waals surface area (Å²) in [5, 5.41) is 9.69. The molecule has 2 nitrogen and oxygen atoms in total. The number of nitrogens with zero attached hydrogens (tertiary/aromatic N) is 1. The Hall–Kier alpha value is -1.02. The topological polar surface area (TPSA) is 23.5 Å². The van der Waals surface area contributed by atoms with E-state index in [2.05, 4.69) is 11.0 Å². The second-order valence-electron chi connectivity index (χ2n) is 3.82. The van der Waals surface area contributed by atoms with Crippen molar-refractivity contribution in [3.05, 3.63) is 28.8 Å². The molecule has 2 heteroatoms. The Morgan fingerprint density at radius 3 is 2.31 bits per heavy atom. The van der Waals surface area contributed by atoms with Gasteiger partial charge in [-0.1, -0.05) is 6.07 Å². The van der Waals surface area contributed by atoms with Crippen LogP contribution in [-0.2, 0) is 6.54 Å². The van der Waals surface area contributed by atoms with Gasteiger partial charge in [-0.25, -0.2) is 0 Å². The molecule has 0 aliphatic rings. The summed E-state index contributed by atoms with van der Waals surface area (Å²) >= 11 is 0. The van der Waals surface area contributed by atoms with Crippen LogP contribution in [0.25, 0.3) is 0 Å². The van der Waals surface area contributed by atoms with Crippen molar-refractivity contribution in [1.29, 1.82) is 0 Å².